The van der Waals surface area contributed by atoms with Crippen LogP contribution in [0.1, 0.15) is 24.2 Å². The first-order chi connectivity index (χ1) is 10.00. The molecule has 0 spiro atoms. The molecule has 0 radical (unpaired) electrons. The number of hydrogen-bond acceptors (Lipinski definition) is 3. The largest absolute Gasteiger partial charge is 0.394 e. The summed E-state index contributed by atoms with van der Waals surface area (Å²) in [7, 11) is 0. The van der Waals surface area contributed by atoms with Crippen molar-refractivity contribution in [3.05, 3.63) is 36.0 Å². The molecule has 1 aliphatic rings. The Kier molecular flexibility index (Phi) is 3.47. The summed E-state index contributed by atoms with van der Waals surface area (Å²) in [5.41, 5.74) is 1.17. The number of H-pyrrole nitrogens is 1. The molecule has 0 aliphatic carbocycles. The van der Waals surface area contributed by atoms with Gasteiger partial charge in [-0.05, 0) is 19.9 Å². The van der Waals surface area contributed by atoms with Crippen LogP contribution in [0.15, 0.2) is 30.5 Å². The van der Waals surface area contributed by atoms with Crippen LogP contribution in [0, 0.1) is 0 Å². The van der Waals surface area contributed by atoms with Gasteiger partial charge in [0.15, 0.2) is 0 Å². The lowest BCUT2D eigenvalue weighted by atomic mass is 10.0. The number of carbonyl (C=O) groups is 1. The number of morpholine rings is 1. The molecule has 0 bridgehead atoms. The molecule has 1 aromatic carbocycles. The molecule has 5 heteroatoms. The van der Waals surface area contributed by atoms with Crippen molar-refractivity contribution in [2.75, 3.05) is 19.7 Å². The van der Waals surface area contributed by atoms with Gasteiger partial charge in [0.2, 0.25) is 0 Å². The molecule has 2 aromatic rings. The molecule has 3 rings (SSSR count). The molecule has 1 aromatic heterocycles. The number of ether oxygens (including phenoxy) is 1. The first-order valence-corrected chi connectivity index (χ1v) is 7.14. The van der Waals surface area contributed by atoms with Crippen LogP contribution in [-0.2, 0) is 4.74 Å². The lowest BCUT2D eigenvalue weighted by molar-refractivity contribution is -0.139. The highest BCUT2D eigenvalue weighted by molar-refractivity contribution is 6.06. The second-order valence-electron chi connectivity index (χ2n) is 6.12. The summed E-state index contributed by atoms with van der Waals surface area (Å²) in [6.07, 6.45) is 1.42. The maximum absolute atomic E-state index is 12.8. The number of aromatic amines is 1. The quantitative estimate of drug-likeness (QED) is 0.885. The van der Waals surface area contributed by atoms with Crippen LogP contribution >= 0.6 is 0 Å². The van der Waals surface area contributed by atoms with E-state index in [1.165, 1.54) is 0 Å². The molecule has 0 saturated carbocycles. The van der Waals surface area contributed by atoms with Crippen molar-refractivity contribution < 1.29 is 14.6 Å². The van der Waals surface area contributed by atoms with Gasteiger partial charge in [0.25, 0.3) is 5.91 Å². The van der Waals surface area contributed by atoms with Gasteiger partial charge in [0.05, 0.1) is 23.9 Å². The van der Waals surface area contributed by atoms with Crippen molar-refractivity contribution in [2.45, 2.75) is 25.6 Å². The molecule has 1 aliphatic heterocycles. The van der Waals surface area contributed by atoms with E-state index < -0.39 is 5.60 Å². The van der Waals surface area contributed by atoms with E-state index in [1.54, 1.807) is 11.1 Å². The predicted octanol–water partition coefficient (Wildman–Crippen LogP) is 1.78. The summed E-state index contributed by atoms with van der Waals surface area (Å²) in [5, 5.41) is 10.3. The Labute approximate surface area is 123 Å². The van der Waals surface area contributed by atoms with E-state index in [0.29, 0.717) is 18.7 Å². The highest BCUT2D eigenvalue weighted by atomic mass is 16.5. The van der Waals surface area contributed by atoms with E-state index in [4.69, 9.17) is 4.74 Å². The Balaban J connectivity index is 1.90. The number of carbonyl (C=O) groups excluding carboxylic acids is 1. The van der Waals surface area contributed by atoms with Gasteiger partial charge in [-0.15, -0.1) is 0 Å². The third-order valence-corrected chi connectivity index (χ3v) is 3.79. The van der Waals surface area contributed by atoms with Crippen molar-refractivity contribution in [3.63, 3.8) is 0 Å². The fourth-order valence-electron chi connectivity index (χ4n) is 2.96. The van der Waals surface area contributed by atoms with Crippen molar-refractivity contribution >= 4 is 16.8 Å². The molecule has 1 atom stereocenters. The van der Waals surface area contributed by atoms with Crippen molar-refractivity contribution in [3.8, 4) is 0 Å². The van der Waals surface area contributed by atoms with Gasteiger partial charge in [0.1, 0.15) is 0 Å². The van der Waals surface area contributed by atoms with E-state index in [2.05, 4.69) is 4.98 Å². The minimum atomic E-state index is -0.451. The molecule has 21 heavy (non-hydrogen) atoms. The summed E-state index contributed by atoms with van der Waals surface area (Å²) >= 11 is 0. The number of benzene rings is 1. The summed E-state index contributed by atoms with van der Waals surface area (Å²) in [5.74, 6) is -0.0257. The predicted molar refractivity (Wildman–Crippen MR) is 80.2 cm³/mol. The number of rotatable bonds is 2. The fraction of sp³-hybridized carbons (Fsp3) is 0.438. The molecular formula is C16H20N2O3. The second kappa shape index (κ2) is 5.16. The maximum atomic E-state index is 12.8. The van der Waals surface area contributed by atoms with E-state index in [9.17, 15) is 9.90 Å². The Hall–Kier alpha value is -1.85. The van der Waals surface area contributed by atoms with Crippen LogP contribution in [-0.4, -0.2) is 52.3 Å². The van der Waals surface area contributed by atoms with Gasteiger partial charge < -0.3 is 19.7 Å². The van der Waals surface area contributed by atoms with E-state index in [1.807, 2.05) is 38.1 Å². The second-order valence-corrected chi connectivity index (χ2v) is 6.12. The number of aliphatic hydroxyl groups excluding tert-OH is 1. The number of amides is 1. The zero-order valence-corrected chi connectivity index (χ0v) is 12.3. The lowest BCUT2D eigenvalue weighted by Crippen LogP contribution is -2.55. The van der Waals surface area contributed by atoms with Crippen molar-refractivity contribution in [2.24, 2.45) is 0 Å². The van der Waals surface area contributed by atoms with Gasteiger partial charge in [-0.1, -0.05) is 18.2 Å². The fourth-order valence-corrected chi connectivity index (χ4v) is 2.96. The Morgan fingerprint density at radius 1 is 1.48 bits per heavy atom. The van der Waals surface area contributed by atoms with Crippen molar-refractivity contribution in [1.82, 2.24) is 9.88 Å². The Bertz CT molecular complexity index is 662. The maximum Gasteiger partial charge on any atom is 0.256 e. The average molecular weight is 288 g/mol. The van der Waals surface area contributed by atoms with Crippen LogP contribution in [0.5, 0.6) is 0 Å². The molecule has 5 nitrogen and oxygen atoms in total. The summed E-state index contributed by atoms with van der Waals surface area (Å²) in [6.45, 7) is 4.72. The SMILES string of the molecule is CC1(C)CN(C(=O)c2c[nH]c3ccccc23)CC(CO)O1. The van der Waals surface area contributed by atoms with E-state index in [0.717, 1.165) is 10.9 Å². The number of fused-ring (bicyclic) bond motifs is 1. The van der Waals surface area contributed by atoms with Crippen LogP contribution in [0.3, 0.4) is 0 Å². The number of aliphatic hydroxyl groups is 1. The molecule has 2 heterocycles. The Morgan fingerprint density at radius 2 is 2.24 bits per heavy atom. The third-order valence-electron chi connectivity index (χ3n) is 3.79. The van der Waals surface area contributed by atoms with Crippen LogP contribution < -0.4 is 0 Å². The molecule has 1 unspecified atom stereocenters. The molecule has 1 amide bonds. The molecular weight excluding hydrogens is 268 g/mol. The summed E-state index contributed by atoms with van der Waals surface area (Å²) < 4.78 is 5.76. The molecule has 112 valence electrons. The van der Waals surface area contributed by atoms with Gasteiger partial charge in [-0.25, -0.2) is 0 Å². The first kappa shape index (κ1) is 14.1. The lowest BCUT2D eigenvalue weighted by Gasteiger charge is -2.42. The monoisotopic (exact) mass is 288 g/mol. The van der Waals surface area contributed by atoms with Gasteiger partial charge >= 0.3 is 0 Å². The first-order valence-electron chi connectivity index (χ1n) is 7.14. The van der Waals surface area contributed by atoms with Crippen LogP contribution in [0.25, 0.3) is 10.9 Å². The number of aromatic nitrogens is 1. The number of nitrogens with zero attached hydrogens (tertiary/aromatic N) is 1. The topological polar surface area (TPSA) is 65.6 Å². The smallest absolute Gasteiger partial charge is 0.256 e. The van der Waals surface area contributed by atoms with E-state index in [-0.39, 0.29) is 18.6 Å². The Morgan fingerprint density at radius 3 is 3.00 bits per heavy atom. The molecule has 1 saturated heterocycles. The van der Waals surface area contributed by atoms with Crippen LogP contribution in [0.4, 0.5) is 0 Å². The minimum Gasteiger partial charge on any atom is -0.394 e. The summed E-state index contributed by atoms with van der Waals surface area (Å²) in [6, 6.07) is 7.75. The summed E-state index contributed by atoms with van der Waals surface area (Å²) in [4.78, 5) is 17.7. The molecule has 2 N–H and O–H groups in total. The average Bonchev–Trinajstić information content (AvgIpc) is 2.88. The molecule has 1 fully saturated rings. The third kappa shape index (κ3) is 2.66. The van der Waals surface area contributed by atoms with Crippen molar-refractivity contribution in [1.29, 1.82) is 0 Å². The number of hydrogen-bond donors (Lipinski definition) is 2. The van der Waals surface area contributed by atoms with Gasteiger partial charge in [0, 0.05) is 30.2 Å². The van der Waals surface area contributed by atoms with Gasteiger partial charge in [-0.2, -0.15) is 0 Å². The highest BCUT2D eigenvalue weighted by Gasteiger charge is 2.36. The zero-order chi connectivity index (χ0) is 15.0. The van der Waals surface area contributed by atoms with Crippen LogP contribution in [0.2, 0.25) is 0 Å². The van der Waals surface area contributed by atoms with Gasteiger partial charge in [-0.3, -0.25) is 4.79 Å². The number of para-hydroxylation sites is 1. The van der Waals surface area contributed by atoms with E-state index >= 15 is 0 Å². The standard InChI is InChI=1S/C16H20N2O3/c1-16(2)10-18(8-11(9-19)21-16)15(20)13-7-17-14-6-4-3-5-12(13)14/h3-7,11,17,19H,8-10H2,1-2H3. The highest BCUT2D eigenvalue weighted by Crippen LogP contribution is 2.25. The minimum absolute atomic E-state index is 0.0257. The normalized spacial score (nSPS) is 21.7. The number of nitrogens with one attached hydrogen (secondary N) is 1. The zero-order valence-electron chi connectivity index (χ0n) is 12.3.